The molecule has 7 nitrogen and oxygen atoms in total. The molecule has 0 N–H and O–H groups in total. The smallest absolute Gasteiger partial charge is 0.274 e. The Morgan fingerprint density at radius 2 is 1.87 bits per heavy atom. The Labute approximate surface area is 185 Å². The first kappa shape index (κ1) is 20.0. The fraction of sp³-hybridized carbons (Fsp3) is 0.348. The quantitative estimate of drug-likeness (QED) is 0.491. The zero-order valence-corrected chi connectivity index (χ0v) is 17.9. The van der Waals surface area contributed by atoms with Gasteiger partial charge in [0.2, 0.25) is 0 Å². The zero-order chi connectivity index (χ0) is 20.1. The number of aromatic nitrogens is 4. The van der Waals surface area contributed by atoms with Crippen LogP contribution in [0.2, 0.25) is 0 Å². The fourth-order valence-electron chi connectivity index (χ4n) is 4.84. The second-order valence-electron chi connectivity index (χ2n) is 8.32. The SMILES string of the molecule is Cl.O=c1c2cccc(N3CC4COCC4C3)c2cnn1CCc1cn2ccccc2n1. The predicted molar refractivity (Wildman–Crippen MR) is 122 cm³/mol. The van der Waals surface area contributed by atoms with Crippen molar-refractivity contribution in [3.05, 3.63) is 71.0 Å². The van der Waals surface area contributed by atoms with Gasteiger partial charge in [-0.25, -0.2) is 9.67 Å². The third-order valence-corrected chi connectivity index (χ3v) is 6.45. The van der Waals surface area contributed by atoms with Crippen molar-refractivity contribution in [3.8, 4) is 0 Å². The summed E-state index contributed by atoms with van der Waals surface area (Å²) in [7, 11) is 0. The molecule has 1 aromatic carbocycles. The monoisotopic (exact) mass is 437 g/mol. The van der Waals surface area contributed by atoms with Crippen molar-refractivity contribution in [1.82, 2.24) is 19.2 Å². The number of pyridine rings is 1. The summed E-state index contributed by atoms with van der Waals surface area (Å²) in [5.41, 5.74) is 2.94. The van der Waals surface area contributed by atoms with Gasteiger partial charge in [0.1, 0.15) is 5.65 Å². The van der Waals surface area contributed by atoms with Gasteiger partial charge in [-0.05, 0) is 24.3 Å². The van der Waals surface area contributed by atoms with E-state index in [0.717, 1.165) is 54.1 Å². The van der Waals surface area contributed by atoms with E-state index >= 15 is 0 Å². The Morgan fingerprint density at radius 3 is 2.68 bits per heavy atom. The molecule has 6 rings (SSSR count). The first-order chi connectivity index (χ1) is 14.8. The van der Waals surface area contributed by atoms with Crippen LogP contribution in [0, 0.1) is 11.8 Å². The number of benzene rings is 1. The van der Waals surface area contributed by atoms with E-state index < -0.39 is 0 Å². The average Bonchev–Trinajstić information content (AvgIpc) is 3.47. The van der Waals surface area contributed by atoms with E-state index in [-0.39, 0.29) is 18.0 Å². The summed E-state index contributed by atoms with van der Waals surface area (Å²) in [6, 6.07) is 11.9. The first-order valence-electron chi connectivity index (χ1n) is 10.5. The Hall–Kier alpha value is -2.90. The van der Waals surface area contributed by atoms with Gasteiger partial charge in [0.05, 0.1) is 37.0 Å². The molecule has 160 valence electrons. The molecule has 0 bridgehead atoms. The third kappa shape index (κ3) is 3.47. The standard InChI is InChI=1S/C23H23N5O2.ClH/c29-23-19-4-3-5-21(27-11-16-14-30-15-17(16)12-27)20(19)10-24-28(23)9-7-18-13-26-8-2-1-6-22(26)25-18;/h1-6,8,10,13,16-17H,7,9,11-12,14-15H2;1H. The van der Waals surface area contributed by atoms with Crippen LogP contribution in [0.3, 0.4) is 0 Å². The van der Waals surface area contributed by atoms with Crippen molar-refractivity contribution >= 4 is 34.5 Å². The van der Waals surface area contributed by atoms with Crippen molar-refractivity contribution in [3.63, 3.8) is 0 Å². The van der Waals surface area contributed by atoms with Gasteiger partial charge in [-0.15, -0.1) is 12.4 Å². The zero-order valence-electron chi connectivity index (χ0n) is 17.1. The normalized spacial score (nSPS) is 20.3. The van der Waals surface area contributed by atoms with Crippen LogP contribution in [0.5, 0.6) is 0 Å². The van der Waals surface area contributed by atoms with Crippen LogP contribution in [0.25, 0.3) is 16.4 Å². The molecule has 4 aromatic rings. The Morgan fingerprint density at radius 1 is 1.03 bits per heavy atom. The highest BCUT2D eigenvalue weighted by atomic mass is 35.5. The summed E-state index contributed by atoms with van der Waals surface area (Å²) >= 11 is 0. The molecule has 2 aliphatic heterocycles. The number of halogens is 1. The number of hydrogen-bond acceptors (Lipinski definition) is 5. The number of imidazole rings is 1. The first-order valence-corrected chi connectivity index (χ1v) is 10.5. The van der Waals surface area contributed by atoms with E-state index in [0.29, 0.717) is 24.8 Å². The molecule has 2 saturated heterocycles. The number of rotatable bonds is 4. The predicted octanol–water partition coefficient (Wildman–Crippen LogP) is 2.79. The van der Waals surface area contributed by atoms with Crippen molar-refractivity contribution in [2.24, 2.45) is 11.8 Å². The van der Waals surface area contributed by atoms with E-state index in [1.165, 1.54) is 0 Å². The Bertz CT molecular complexity index is 1260. The highest BCUT2D eigenvalue weighted by molar-refractivity contribution is 5.93. The second-order valence-corrected chi connectivity index (χ2v) is 8.32. The van der Waals surface area contributed by atoms with E-state index in [4.69, 9.17) is 4.74 Å². The minimum Gasteiger partial charge on any atom is -0.381 e. The third-order valence-electron chi connectivity index (χ3n) is 6.45. The maximum Gasteiger partial charge on any atom is 0.274 e. The molecular weight excluding hydrogens is 414 g/mol. The average molecular weight is 438 g/mol. The largest absolute Gasteiger partial charge is 0.381 e. The lowest BCUT2D eigenvalue weighted by atomic mass is 10.0. The number of fused-ring (bicyclic) bond motifs is 3. The van der Waals surface area contributed by atoms with Gasteiger partial charge in [0, 0.05) is 54.8 Å². The van der Waals surface area contributed by atoms with Gasteiger partial charge >= 0.3 is 0 Å². The number of anilines is 1. The van der Waals surface area contributed by atoms with Gasteiger partial charge < -0.3 is 14.0 Å². The molecule has 2 fully saturated rings. The molecule has 5 heterocycles. The van der Waals surface area contributed by atoms with Crippen LogP contribution in [0.4, 0.5) is 5.69 Å². The molecule has 0 amide bonds. The minimum absolute atomic E-state index is 0. The Kier molecular flexibility index (Phi) is 5.16. The highest BCUT2D eigenvalue weighted by Crippen LogP contribution is 2.35. The molecule has 0 saturated carbocycles. The fourth-order valence-corrected chi connectivity index (χ4v) is 4.84. The van der Waals surface area contributed by atoms with Crippen LogP contribution in [-0.4, -0.2) is 45.5 Å². The van der Waals surface area contributed by atoms with Gasteiger partial charge in [-0.3, -0.25) is 4.79 Å². The van der Waals surface area contributed by atoms with Crippen molar-refractivity contribution < 1.29 is 4.74 Å². The number of ether oxygens (including phenoxy) is 1. The van der Waals surface area contributed by atoms with Gasteiger partial charge in [0.25, 0.3) is 5.56 Å². The topological polar surface area (TPSA) is 64.7 Å². The summed E-state index contributed by atoms with van der Waals surface area (Å²) in [4.78, 5) is 20.1. The van der Waals surface area contributed by atoms with Gasteiger partial charge in [-0.2, -0.15) is 5.10 Å². The van der Waals surface area contributed by atoms with E-state index in [1.807, 2.05) is 53.3 Å². The van der Waals surface area contributed by atoms with E-state index in [9.17, 15) is 4.79 Å². The van der Waals surface area contributed by atoms with Crippen LogP contribution in [0.15, 0.2) is 59.8 Å². The lowest BCUT2D eigenvalue weighted by Gasteiger charge is -2.21. The number of hydrogen-bond donors (Lipinski definition) is 0. The molecule has 0 spiro atoms. The summed E-state index contributed by atoms with van der Waals surface area (Å²) in [6.07, 6.45) is 6.50. The molecular formula is C23H24ClN5O2. The van der Waals surface area contributed by atoms with Gasteiger partial charge in [0.15, 0.2) is 0 Å². The molecule has 31 heavy (non-hydrogen) atoms. The van der Waals surface area contributed by atoms with Crippen LogP contribution in [0.1, 0.15) is 5.69 Å². The molecule has 2 aliphatic rings. The number of nitrogens with zero attached hydrogens (tertiary/aromatic N) is 5. The second kappa shape index (κ2) is 7.98. The minimum atomic E-state index is -0.0409. The maximum absolute atomic E-state index is 13.1. The highest BCUT2D eigenvalue weighted by Gasteiger charge is 2.37. The summed E-state index contributed by atoms with van der Waals surface area (Å²) in [5, 5.41) is 6.16. The Balaban J connectivity index is 0.00000204. The molecule has 3 aromatic heterocycles. The summed E-state index contributed by atoms with van der Waals surface area (Å²) < 4.78 is 9.15. The molecule has 2 atom stereocenters. The lowest BCUT2D eigenvalue weighted by molar-refractivity contribution is 0.177. The van der Waals surface area contributed by atoms with E-state index in [1.54, 1.807) is 4.68 Å². The molecule has 8 heteroatoms. The van der Waals surface area contributed by atoms with Crippen molar-refractivity contribution in [2.75, 3.05) is 31.2 Å². The summed E-state index contributed by atoms with van der Waals surface area (Å²) in [5.74, 6) is 1.19. The maximum atomic E-state index is 13.1. The van der Waals surface area contributed by atoms with Crippen molar-refractivity contribution in [2.45, 2.75) is 13.0 Å². The lowest BCUT2D eigenvalue weighted by Crippen LogP contribution is -2.26. The van der Waals surface area contributed by atoms with Crippen LogP contribution < -0.4 is 10.5 Å². The van der Waals surface area contributed by atoms with E-state index in [2.05, 4.69) is 21.0 Å². The molecule has 0 aliphatic carbocycles. The van der Waals surface area contributed by atoms with Gasteiger partial charge in [-0.1, -0.05) is 12.1 Å². The summed E-state index contributed by atoms with van der Waals surface area (Å²) in [6.45, 7) is 4.18. The number of aryl methyl sites for hydroxylation is 2. The van der Waals surface area contributed by atoms with Crippen molar-refractivity contribution in [1.29, 1.82) is 0 Å². The van der Waals surface area contributed by atoms with Crippen LogP contribution >= 0.6 is 12.4 Å². The molecule has 2 unspecified atom stereocenters. The molecule has 0 radical (unpaired) electrons. The van der Waals surface area contributed by atoms with Crippen LogP contribution in [-0.2, 0) is 17.7 Å².